The second-order valence-electron chi connectivity index (χ2n) is 4.48. The van der Waals surface area contributed by atoms with Gasteiger partial charge in [-0.2, -0.15) is 0 Å². The van der Waals surface area contributed by atoms with Crippen molar-refractivity contribution in [1.82, 2.24) is 9.97 Å². The highest BCUT2D eigenvalue weighted by Gasteiger charge is 2.15. The molecule has 6 heteroatoms. The second-order valence-corrected chi connectivity index (χ2v) is 4.48. The number of nitrogens with zero attached hydrogens (tertiary/aromatic N) is 3. The van der Waals surface area contributed by atoms with Crippen LogP contribution in [-0.4, -0.2) is 34.2 Å². The Hall–Kier alpha value is -2.60. The summed E-state index contributed by atoms with van der Waals surface area (Å²) in [6.45, 7) is 5.02. The summed E-state index contributed by atoms with van der Waals surface area (Å²) in [6.07, 6.45) is 1.53. The van der Waals surface area contributed by atoms with Gasteiger partial charge in [0.1, 0.15) is 11.6 Å². The quantitative estimate of drug-likeness (QED) is 0.577. The number of aliphatic hydroxyl groups is 1. The van der Waals surface area contributed by atoms with Crippen molar-refractivity contribution in [3.8, 4) is 0 Å². The molecule has 0 fully saturated rings. The third-order valence-electron chi connectivity index (χ3n) is 3.02. The molecule has 2 rings (SSSR count). The molecule has 0 spiro atoms. The van der Waals surface area contributed by atoms with Crippen LogP contribution in [0.25, 0.3) is 0 Å². The first kappa shape index (κ1) is 14.8. The van der Waals surface area contributed by atoms with E-state index in [-0.39, 0.29) is 18.5 Å². The fourth-order valence-electron chi connectivity index (χ4n) is 1.92. The van der Waals surface area contributed by atoms with E-state index in [0.29, 0.717) is 17.2 Å². The lowest BCUT2D eigenvalue weighted by atomic mass is 10.1. The van der Waals surface area contributed by atoms with Crippen LogP contribution in [0.1, 0.15) is 23.0 Å². The first-order valence-corrected chi connectivity index (χ1v) is 6.47. The Labute approximate surface area is 123 Å². The molecule has 0 aliphatic heterocycles. The van der Waals surface area contributed by atoms with Crippen molar-refractivity contribution in [2.45, 2.75) is 13.0 Å². The first-order chi connectivity index (χ1) is 10.2. The number of aryl methyl sites for hydroxylation is 1. The van der Waals surface area contributed by atoms with Gasteiger partial charge >= 0.3 is 0 Å². The number of hydrogen-bond acceptors (Lipinski definition) is 5. The van der Waals surface area contributed by atoms with Gasteiger partial charge in [0.15, 0.2) is 5.84 Å². The monoisotopic (exact) mass is 283 g/mol. The van der Waals surface area contributed by atoms with Gasteiger partial charge in [-0.05, 0) is 19.2 Å². The largest absolute Gasteiger partial charge is 0.394 e. The van der Waals surface area contributed by atoms with Crippen LogP contribution in [0.2, 0.25) is 0 Å². The summed E-state index contributed by atoms with van der Waals surface area (Å²) in [5, 5.41) is 20.5. The lowest BCUT2D eigenvalue weighted by molar-refractivity contribution is 0.276. The van der Waals surface area contributed by atoms with Crippen LogP contribution in [0, 0.1) is 12.3 Å². The molecule has 2 aromatic rings. The number of anilines is 1. The van der Waals surface area contributed by atoms with E-state index in [1.54, 1.807) is 6.92 Å². The minimum absolute atomic E-state index is 0.0118. The molecule has 0 amide bonds. The van der Waals surface area contributed by atoms with E-state index in [4.69, 9.17) is 5.41 Å². The molecule has 0 aliphatic rings. The van der Waals surface area contributed by atoms with Crippen molar-refractivity contribution in [1.29, 1.82) is 5.41 Å². The number of benzene rings is 1. The molecule has 108 valence electrons. The van der Waals surface area contributed by atoms with Gasteiger partial charge in [0.05, 0.1) is 18.2 Å². The normalized spacial score (nSPS) is 11.7. The zero-order valence-electron chi connectivity index (χ0n) is 11.7. The molecule has 1 unspecified atom stereocenters. The Morgan fingerprint density at radius 3 is 2.76 bits per heavy atom. The molecule has 3 N–H and O–H groups in total. The van der Waals surface area contributed by atoms with Gasteiger partial charge in [-0.1, -0.05) is 30.3 Å². The zero-order valence-corrected chi connectivity index (χ0v) is 11.7. The summed E-state index contributed by atoms with van der Waals surface area (Å²) in [4.78, 5) is 12.0. The fraction of sp³-hybridized carbons (Fsp3) is 0.200. The molecule has 0 bridgehead atoms. The summed E-state index contributed by atoms with van der Waals surface area (Å²) in [5.74, 6) is 1.02. The fourth-order valence-corrected chi connectivity index (χ4v) is 1.92. The molecule has 1 heterocycles. The van der Waals surface area contributed by atoms with E-state index in [1.807, 2.05) is 30.3 Å². The van der Waals surface area contributed by atoms with E-state index in [2.05, 4.69) is 27.0 Å². The Morgan fingerprint density at radius 1 is 1.43 bits per heavy atom. The SMILES string of the molecule is C=NC(=N)c1cnc(C)nc1NC(CO)c1ccccc1. The molecular weight excluding hydrogens is 266 g/mol. The van der Waals surface area contributed by atoms with Crippen molar-refractivity contribution in [3.63, 3.8) is 0 Å². The van der Waals surface area contributed by atoms with Crippen LogP contribution < -0.4 is 5.32 Å². The third kappa shape index (κ3) is 3.49. The maximum Gasteiger partial charge on any atom is 0.156 e. The van der Waals surface area contributed by atoms with Crippen molar-refractivity contribution < 1.29 is 5.11 Å². The number of amidine groups is 1. The lowest BCUT2D eigenvalue weighted by Crippen LogP contribution is -2.18. The van der Waals surface area contributed by atoms with Crippen LogP contribution in [-0.2, 0) is 0 Å². The van der Waals surface area contributed by atoms with E-state index in [9.17, 15) is 5.11 Å². The standard InChI is InChI=1S/C15H17N5O/c1-10-18-8-12(14(16)17-2)15(19-10)20-13(9-21)11-6-4-3-5-7-11/h3-8,13,16,21H,2,9H2,1H3,(H,18,19,20). The Bertz CT molecular complexity index is 642. The molecule has 0 saturated heterocycles. The van der Waals surface area contributed by atoms with E-state index >= 15 is 0 Å². The summed E-state index contributed by atoms with van der Waals surface area (Å²) in [6, 6.07) is 9.22. The predicted molar refractivity (Wildman–Crippen MR) is 83.0 cm³/mol. The summed E-state index contributed by atoms with van der Waals surface area (Å²) in [7, 11) is 0. The Kier molecular flexibility index (Phi) is 4.73. The maximum absolute atomic E-state index is 9.60. The van der Waals surface area contributed by atoms with Crippen molar-refractivity contribution in [2.75, 3.05) is 11.9 Å². The van der Waals surface area contributed by atoms with E-state index in [1.165, 1.54) is 6.20 Å². The van der Waals surface area contributed by atoms with Crippen LogP contribution in [0.4, 0.5) is 5.82 Å². The van der Waals surface area contributed by atoms with Crippen molar-refractivity contribution >= 4 is 18.4 Å². The molecule has 1 aromatic heterocycles. The van der Waals surface area contributed by atoms with Gasteiger partial charge in [0, 0.05) is 6.20 Å². The van der Waals surface area contributed by atoms with E-state index < -0.39 is 0 Å². The highest BCUT2D eigenvalue weighted by atomic mass is 16.3. The smallest absolute Gasteiger partial charge is 0.156 e. The van der Waals surface area contributed by atoms with Crippen molar-refractivity contribution in [2.24, 2.45) is 4.99 Å². The summed E-state index contributed by atoms with van der Waals surface area (Å²) in [5.41, 5.74) is 1.38. The third-order valence-corrected chi connectivity index (χ3v) is 3.02. The number of nitrogens with one attached hydrogen (secondary N) is 2. The van der Waals surface area contributed by atoms with Gasteiger partial charge < -0.3 is 10.4 Å². The molecule has 1 aromatic carbocycles. The number of rotatable bonds is 5. The average Bonchev–Trinajstić information content (AvgIpc) is 2.53. The number of aliphatic imine (C=N–C) groups is 1. The predicted octanol–water partition coefficient (Wildman–Crippen LogP) is 1.96. The first-order valence-electron chi connectivity index (χ1n) is 6.47. The molecule has 0 radical (unpaired) electrons. The molecule has 0 aliphatic carbocycles. The number of aromatic nitrogens is 2. The highest BCUT2D eigenvalue weighted by molar-refractivity contribution is 6.02. The minimum atomic E-state index is -0.322. The highest BCUT2D eigenvalue weighted by Crippen LogP contribution is 2.21. The van der Waals surface area contributed by atoms with Crippen LogP contribution in [0.3, 0.4) is 0 Å². The number of hydrogen-bond donors (Lipinski definition) is 3. The zero-order chi connectivity index (χ0) is 15.2. The van der Waals surface area contributed by atoms with Gasteiger partial charge in [-0.15, -0.1) is 0 Å². The lowest BCUT2D eigenvalue weighted by Gasteiger charge is -2.19. The van der Waals surface area contributed by atoms with Gasteiger partial charge in [0.25, 0.3) is 0 Å². The molecule has 1 atom stereocenters. The topological polar surface area (TPSA) is 94.2 Å². The number of aliphatic hydroxyl groups excluding tert-OH is 1. The van der Waals surface area contributed by atoms with Crippen LogP contribution in [0.5, 0.6) is 0 Å². The van der Waals surface area contributed by atoms with E-state index in [0.717, 1.165) is 5.56 Å². The second kappa shape index (κ2) is 6.71. The van der Waals surface area contributed by atoms with Crippen LogP contribution in [0.15, 0.2) is 41.5 Å². The molecular formula is C15H17N5O. The maximum atomic E-state index is 9.60. The van der Waals surface area contributed by atoms with Crippen LogP contribution >= 0.6 is 0 Å². The summed E-state index contributed by atoms with van der Waals surface area (Å²) >= 11 is 0. The summed E-state index contributed by atoms with van der Waals surface area (Å²) < 4.78 is 0. The van der Waals surface area contributed by atoms with Crippen molar-refractivity contribution in [3.05, 3.63) is 53.5 Å². The molecule has 0 saturated carbocycles. The average molecular weight is 283 g/mol. The van der Waals surface area contributed by atoms with Gasteiger partial charge in [-0.25, -0.2) is 15.0 Å². The minimum Gasteiger partial charge on any atom is -0.394 e. The molecule has 6 nitrogen and oxygen atoms in total. The van der Waals surface area contributed by atoms with Gasteiger partial charge in [-0.3, -0.25) is 5.41 Å². The molecule has 21 heavy (non-hydrogen) atoms. The van der Waals surface area contributed by atoms with Gasteiger partial charge in [0.2, 0.25) is 0 Å². The Balaban J connectivity index is 2.35. The Morgan fingerprint density at radius 2 is 2.14 bits per heavy atom.